The van der Waals surface area contributed by atoms with Gasteiger partial charge in [0.1, 0.15) is 22.8 Å². The lowest BCUT2D eigenvalue weighted by Gasteiger charge is -2.04. The third kappa shape index (κ3) is 3.05. The summed E-state index contributed by atoms with van der Waals surface area (Å²) in [4.78, 5) is 0. The standard InChI is InChI=1S/C22H17IO3/c1-24-17-8-3-14(4-9-17)16-7-12-20-19(13-16)21(23)22(26-20)15-5-10-18(25-2)11-6-15/h3-13H,1-2H3. The lowest BCUT2D eigenvalue weighted by atomic mass is 10.0. The highest BCUT2D eigenvalue weighted by Crippen LogP contribution is 2.37. The van der Waals surface area contributed by atoms with E-state index < -0.39 is 0 Å². The lowest BCUT2D eigenvalue weighted by Crippen LogP contribution is -1.83. The molecule has 0 aliphatic heterocycles. The molecule has 0 N–H and O–H groups in total. The minimum atomic E-state index is 0.835. The zero-order valence-electron chi connectivity index (χ0n) is 14.5. The first-order valence-corrected chi connectivity index (χ1v) is 9.28. The van der Waals surface area contributed by atoms with Gasteiger partial charge in [0.05, 0.1) is 17.8 Å². The summed E-state index contributed by atoms with van der Waals surface area (Å²) >= 11 is 2.36. The van der Waals surface area contributed by atoms with Crippen molar-refractivity contribution in [2.75, 3.05) is 14.2 Å². The van der Waals surface area contributed by atoms with E-state index in [1.54, 1.807) is 14.2 Å². The van der Waals surface area contributed by atoms with Gasteiger partial charge in [0, 0.05) is 10.9 Å². The fourth-order valence-corrected chi connectivity index (χ4v) is 3.80. The average molecular weight is 456 g/mol. The zero-order valence-corrected chi connectivity index (χ0v) is 16.6. The SMILES string of the molecule is COc1ccc(-c2ccc3oc(-c4ccc(OC)cc4)c(I)c3c2)cc1. The van der Waals surface area contributed by atoms with Crippen molar-refractivity contribution in [3.05, 3.63) is 70.3 Å². The normalized spacial score (nSPS) is 10.9. The Kier molecular flexibility index (Phi) is 4.59. The number of fused-ring (bicyclic) bond motifs is 1. The summed E-state index contributed by atoms with van der Waals surface area (Å²) in [6.07, 6.45) is 0. The molecule has 4 rings (SSSR count). The van der Waals surface area contributed by atoms with Crippen molar-refractivity contribution in [3.63, 3.8) is 0 Å². The molecule has 3 nitrogen and oxygen atoms in total. The van der Waals surface area contributed by atoms with Gasteiger partial charge in [-0.05, 0) is 82.2 Å². The lowest BCUT2D eigenvalue weighted by molar-refractivity contribution is 0.414. The summed E-state index contributed by atoms with van der Waals surface area (Å²) < 4.78 is 17.7. The Hall–Kier alpha value is -2.47. The van der Waals surface area contributed by atoms with E-state index in [9.17, 15) is 0 Å². The van der Waals surface area contributed by atoms with Gasteiger partial charge >= 0.3 is 0 Å². The van der Waals surface area contributed by atoms with Gasteiger partial charge in [0.15, 0.2) is 0 Å². The first-order chi connectivity index (χ1) is 12.7. The van der Waals surface area contributed by atoms with E-state index in [0.29, 0.717) is 0 Å². The second kappa shape index (κ2) is 7.03. The first kappa shape index (κ1) is 17.0. The van der Waals surface area contributed by atoms with Crippen LogP contribution in [0.25, 0.3) is 33.4 Å². The Balaban J connectivity index is 1.77. The number of ether oxygens (including phenoxy) is 2. The number of furan rings is 1. The van der Waals surface area contributed by atoms with Crippen molar-refractivity contribution in [2.24, 2.45) is 0 Å². The predicted octanol–water partition coefficient (Wildman–Crippen LogP) is 6.39. The minimum absolute atomic E-state index is 0.835. The van der Waals surface area contributed by atoms with Crippen molar-refractivity contribution in [2.45, 2.75) is 0 Å². The van der Waals surface area contributed by atoms with Crippen LogP contribution >= 0.6 is 22.6 Å². The van der Waals surface area contributed by atoms with Crippen LogP contribution in [-0.4, -0.2) is 14.2 Å². The van der Waals surface area contributed by atoms with Crippen LogP contribution in [0.4, 0.5) is 0 Å². The molecular formula is C22H17IO3. The fraction of sp³-hybridized carbons (Fsp3) is 0.0909. The van der Waals surface area contributed by atoms with E-state index in [4.69, 9.17) is 13.9 Å². The van der Waals surface area contributed by atoms with Gasteiger partial charge in [-0.1, -0.05) is 18.2 Å². The van der Waals surface area contributed by atoms with Gasteiger partial charge in [-0.3, -0.25) is 0 Å². The topological polar surface area (TPSA) is 31.6 Å². The van der Waals surface area contributed by atoms with Gasteiger partial charge in [-0.2, -0.15) is 0 Å². The molecule has 130 valence electrons. The molecule has 0 aliphatic carbocycles. The van der Waals surface area contributed by atoms with E-state index in [1.165, 1.54) is 0 Å². The van der Waals surface area contributed by atoms with Crippen LogP contribution in [-0.2, 0) is 0 Å². The molecule has 0 spiro atoms. The summed E-state index contributed by atoms with van der Waals surface area (Å²) in [7, 11) is 3.34. The number of benzene rings is 3. The highest BCUT2D eigenvalue weighted by Gasteiger charge is 2.14. The number of hydrogen-bond acceptors (Lipinski definition) is 3. The fourth-order valence-electron chi connectivity index (χ4n) is 2.96. The maximum absolute atomic E-state index is 6.12. The van der Waals surface area contributed by atoms with Crippen molar-refractivity contribution in [3.8, 4) is 33.9 Å². The van der Waals surface area contributed by atoms with Gasteiger partial charge in [0.25, 0.3) is 0 Å². The van der Waals surface area contributed by atoms with Gasteiger partial charge < -0.3 is 13.9 Å². The number of halogens is 1. The Bertz CT molecular complexity index is 1050. The van der Waals surface area contributed by atoms with Crippen LogP contribution in [0.3, 0.4) is 0 Å². The summed E-state index contributed by atoms with van der Waals surface area (Å²) in [5.41, 5.74) is 4.23. The molecule has 0 unspecified atom stereocenters. The van der Waals surface area contributed by atoms with Crippen LogP contribution in [0.5, 0.6) is 11.5 Å². The van der Waals surface area contributed by atoms with Gasteiger partial charge in [-0.15, -0.1) is 0 Å². The number of rotatable bonds is 4. The first-order valence-electron chi connectivity index (χ1n) is 8.20. The summed E-state index contributed by atoms with van der Waals surface area (Å²) in [5, 5.41) is 1.12. The average Bonchev–Trinajstić information content (AvgIpc) is 3.04. The van der Waals surface area contributed by atoms with E-state index in [-0.39, 0.29) is 0 Å². The molecule has 0 fully saturated rings. The maximum Gasteiger partial charge on any atom is 0.148 e. The smallest absolute Gasteiger partial charge is 0.148 e. The molecular weight excluding hydrogens is 439 g/mol. The molecule has 4 aromatic rings. The molecule has 0 amide bonds. The van der Waals surface area contributed by atoms with Crippen LogP contribution < -0.4 is 9.47 Å². The Labute approximate surface area is 165 Å². The molecule has 3 aromatic carbocycles. The molecule has 0 aliphatic rings. The number of methoxy groups -OCH3 is 2. The van der Waals surface area contributed by atoms with E-state index in [0.717, 1.165) is 48.5 Å². The molecule has 0 atom stereocenters. The monoisotopic (exact) mass is 456 g/mol. The Morgan fingerprint density at radius 3 is 1.81 bits per heavy atom. The third-order valence-corrected chi connectivity index (χ3v) is 5.47. The summed E-state index contributed by atoms with van der Waals surface area (Å²) in [6.45, 7) is 0. The Morgan fingerprint density at radius 1 is 0.692 bits per heavy atom. The molecule has 26 heavy (non-hydrogen) atoms. The molecule has 0 saturated carbocycles. The van der Waals surface area contributed by atoms with E-state index >= 15 is 0 Å². The van der Waals surface area contributed by atoms with Crippen molar-refractivity contribution >= 4 is 33.6 Å². The highest BCUT2D eigenvalue weighted by molar-refractivity contribution is 14.1. The van der Waals surface area contributed by atoms with Crippen LogP contribution in [0.2, 0.25) is 0 Å². The molecule has 1 heterocycles. The second-order valence-corrected chi connectivity index (χ2v) is 6.99. The molecule has 1 aromatic heterocycles. The quantitative estimate of drug-likeness (QED) is 0.334. The third-order valence-electron chi connectivity index (χ3n) is 4.40. The molecule has 0 radical (unpaired) electrons. The maximum atomic E-state index is 6.12. The molecule has 0 bridgehead atoms. The molecule has 0 saturated heterocycles. The summed E-state index contributed by atoms with van der Waals surface area (Å²) in [6, 6.07) is 22.3. The van der Waals surface area contributed by atoms with E-state index in [2.05, 4.69) is 46.9 Å². The highest BCUT2D eigenvalue weighted by atomic mass is 127. The predicted molar refractivity (Wildman–Crippen MR) is 113 cm³/mol. The van der Waals surface area contributed by atoms with Crippen molar-refractivity contribution < 1.29 is 13.9 Å². The van der Waals surface area contributed by atoms with Crippen LogP contribution in [0.1, 0.15) is 0 Å². The van der Waals surface area contributed by atoms with Crippen LogP contribution in [0, 0.1) is 3.57 Å². The Morgan fingerprint density at radius 2 is 1.23 bits per heavy atom. The minimum Gasteiger partial charge on any atom is -0.497 e. The van der Waals surface area contributed by atoms with Gasteiger partial charge in [-0.25, -0.2) is 0 Å². The van der Waals surface area contributed by atoms with Crippen molar-refractivity contribution in [1.82, 2.24) is 0 Å². The largest absolute Gasteiger partial charge is 0.497 e. The second-order valence-electron chi connectivity index (χ2n) is 5.91. The summed E-state index contributed by atoms with van der Waals surface area (Å²) in [5.74, 6) is 2.58. The zero-order chi connectivity index (χ0) is 18.1. The van der Waals surface area contributed by atoms with Crippen LogP contribution in [0.15, 0.2) is 71.1 Å². The molecule has 4 heteroatoms. The van der Waals surface area contributed by atoms with E-state index in [1.807, 2.05) is 42.5 Å². The number of hydrogen-bond donors (Lipinski definition) is 0. The van der Waals surface area contributed by atoms with Crippen molar-refractivity contribution in [1.29, 1.82) is 0 Å². The van der Waals surface area contributed by atoms with Gasteiger partial charge in [0.2, 0.25) is 0 Å².